The molecule has 5 heteroatoms. The van der Waals surface area contributed by atoms with Gasteiger partial charge >= 0.3 is 11.7 Å². The van der Waals surface area contributed by atoms with Crippen LogP contribution in [0.1, 0.15) is 24.5 Å². The van der Waals surface area contributed by atoms with Crippen molar-refractivity contribution in [3.05, 3.63) is 58.6 Å². The fourth-order valence-electron chi connectivity index (χ4n) is 2.14. The number of rotatable bonds is 6. The van der Waals surface area contributed by atoms with Crippen LogP contribution in [0.3, 0.4) is 0 Å². The highest BCUT2D eigenvalue weighted by atomic mass is 16.5. The lowest BCUT2D eigenvalue weighted by atomic mass is 10.1. The van der Waals surface area contributed by atoms with Gasteiger partial charge < -0.3 is 9.47 Å². The summed E-state index contributed by atoms with van der Waals surface area (Å²) in [6.45, 7) is 4.41. The van der Waals surface area contributed by atoms with Crippen molar-refractivity contribution in [1.29, 1.82) is 5.39 Å². The summed E-state index contributed by atoms with van der Waals surface area (Å²) in [6.07, 6.45) is 0.594. The van der Waals surface area contributed by atoms with Crippen molar-refractivity contribution in [2.75, 3.05) is 6.61 Å². The number of aryl methyl sites for hydroxylation is 2. The molecule has 0 heterocycles. The van der Waals surface area contributed by atoms with Gasteiger partial charge in [-0.05, 0) is 44.5 Å². The number of hydrogen-bond acceptors (Lipinski definition) is 4. The third-order valence-corrected chi connectivity index (χ3v) is 3.32. The van der Waals surface area contributed by atoms with Crippen LogP contribution in [0.25, 0.3) is 4.98 Å². The first kappa shape index (κ1) is 16.5. The predicted molar refractivity (Wildman–Crippen MR) is 87.5 cm³/mol. The average Bonchev–Trinajstić information content (AvgIpc) is 2.55. The van der Waals surface area contributed by atoms with Gasteiger partial charge in [0.15, 0.2) is 4.98 Å². The smallest absolute Gasteiger partial charge is 0.388 e. The second kappa shape index (κ2) is 7.95. The third-order valence-electron chi connectivity index (χ3n) is 3.32. The third kappa shape index (κ3) is 4.82. The van der Waals surface area contributed by atoms with Gasteiger partial charge in [0.25, 0.3) is 0 Å². The highest BCUT2D eigenvalue weighted by molar-refractivity contribution is 5.73. The molecule has 5 nitrogen and oxygen atoms in total. The van der Waals surface area contributed by atoms with E-state index in [0.29, 0.717) is 30.2 Å². The minimum atomic E-state index is -0.334. The molecule has 0 saturated carbocycles. The molecule has 2 rings (SSSR count). The highest BCUT2D eigenvalue weighted by Crippen LogP contribution is 2.26. The van der Waals surface area contributed by atoms with Crippen LogP contribution in [0.2, 0.25) is 0 Å². The van der Waals surface area contributed by atoms with Gasteiger partial charge in [-0.2, -0.15) is 0 Å². The van der Waals surface area contributed by atoms with Crippen molar-refractivity contribution < 1.29 is 14.3 Å². The monoisotopic (exact) mass is 311 g/mol. The summed E-state index contributed by atoms with van der Waals surface area (Å²) < 4.78 is 10.7. The summed E-state index contributed by atoms with van der Waals surface area (Å²) in [6, 6.07) is 12.5. The molecule has 2 aromatic rings. The summed E-state index contributed by atoms with van der Waals surface area (Å²) in [4.78, 5) is 15.2. The summed E-state index contributed by atoms with van der Waals surface area (Å²) >= 11 is 0. The maximum Gasteiger partial charge on any atom is 0.388 e. The molecule has 0 saturated heterocycles. The molecule has 0 bridgehead atoms. The van der Waals surface area contributed by atoms with Crippen molar-refractivity contribution in [3.8, 4) is 11.5 Å². The zero-order valence-electron chi connectivity index (χ0n) is 13.3. The van der Waals surface area contributed by atoms with Gasteiger partial charge in [-0.15, -0.1) is 0 Å². The van der Waals surface area contributed by atoms with Crippen molar-refractivity contribution in [1.82, 2.24) is 0 Å². The lowest BCUT2D eigenvalue weighted by molar-refractivity contribution is -0.134. The standard InChI is InChI=1S/C18H19N2O3/c1-3-22-16-9-10-17(20-19)14(12-16)6-11-18(21)23-15-7-4-13(2)5-8-15/h4-5,7-10,12H,3,6,11H2,1-2H3/q+1. The summed E-state index contributed by atoms with van der Waals surface area (Å²) in [5, 5.41) is 9.03. The van der Waals surface area contributed by atoms with Gasteiger partial charge in [0.05, 0.1) is 18.6 Å². The highest BCUT2D eigenvalue weighted by Gasteiger charge is 2.16. The summed E-state index contributed by atoms with van der Waals surface area (Å²) in [5.41, 5.74) is 2.27. The van der Waals surface area contributed by atoms with E-state index in [2.05, 4.69) is 4.98 Å². The van der Waals surface area contributed by atoms with Gasteiger partial charge in [0.1, 0.15) is 11.5 Å². The first-order valence-electron chi connectivity index (χ1n) is 7.50. The van der Waals surface area contributed by atoms with E-state index in [-0.39, 0.29) is 12.4 Å². The van der Waals surface area contributed by atoms with Crippen molar-refractivity contribution in [2.45, 2.75) is 26.7 Å². The van der Waals surface area contributed by atoms with Gasteiger partial charge in [-0.3, -0.25) is 4.79 Å². The van der Waals surface area contributed by atoms with Crippen molar-refractivity contribution >= 4 is 11.7 Å². The van der Waals surface area contributed by atoms with E-state index in [1.165, 1.54) is 0 Å². The quantitative estimate of drug-likeness (QED) is 0.450. The van der Waals surface area contributed by atoms with Crippen LogP contribution in [-0.4, -0.2) is 12.6 Å². The van der Waals surface area contributed by atoms with Gasteiger partial charge in [0.2, 0.25) is 5.39 Å². The van der Waals surface area contributed by atoms with E-state index in [1.54, 1.807) is 30.3 Å². The maximum atomic E-state index is 11.9. The summed E-state index contributed by atoms with van der Waals surface area (Å²) in [7, 11) is 0. The normalized spacial score (nSPS) is 9.96. The zero-order valence-corrected chi connectivity index (χ0v) is 13.3. The van der Waals surface area contributed by atoms with Crippen LogP contribution in [-0.2, 0) is 11.2 Å². The summed E-state index contributed by atoms with van der Waals surface area (Å²) in [5.74, 6) is 0.872. The molecular weight excluding hydrogens is 292 g/mol. The number of diazo groups is 1. The minimum Gasteiger partial charge on any atom is -0.494 e. The number of benzene rings is 2. The Kier molecular flexibility index (Phi) is 5.70. The Balaban J connectivity index is 1.99. The number of hydrogen-bond donors (Lipinski definition) is 0. The number of carbonyl (C=O) groups excluding carboxylic acids is 1. The van der Waals surface area contributed by atoms with E-state index >= 15 is 0 Å². The maximum absolute atomic E-state index is 11.9. The molecule has 0 aliphatic carbocycles. The Hall–Kier alpha value is -2.87. The van der Waals surface area contributed by atoms with Crippen LogP contribution in [0.4, 0.5) is 5.69 Å². The minimum absolute atomic E-state index is 0.186. The fourth-order valence-corrected chi connectivity index (χ4v) is 2.14. The van der Waals surface area contributed by atoms with Gasteiger partial charge in [-0.25, -0.2) is 0 Å². The van der Waals surface area contributed by atoms with Crippen LogP contribution >= 0.6 is 0 Å². The SMILES string of the molecule is CCOc1ccc([N+]#N)c(CCC(=O)Oc2ccc(C)cc2)c1. The number of ether oxygens (including phenoxy) is 2. The Morgan fingerprint density at radius 1 is 1.13 bits per heavy atom. The fraction of sp³-hybridized carbons (Fsp3) is 0.278. The van der Waals surface area contributed by atoms with Gasteiger partial charge in [-0.1, -0.05) is 17.7 Å². The molecule has 0 N–H and O–H groups in total. The Morgan fingerprint density at radius 3 is 2.48 bits per heavy atom. The first-order valence-corrected chi connectivity index (χ1v) is 7.50. The molecular formula is C18H19N2O3+. The van der Waals surface area contributed by atoms with E-state index in [1.807, 2.05) is 26.0 Å². The molecule has 2 aromatic carbocycles. The van der Waals surface area contributed by atoms with E-state index in [4.69, 9.17) is 14.9 Å². The molecule has 0 amide bonds. The van der Waals surface area contributed by atoms with Crippen LogP contribution in [0.15, 0.2) is 42.5 Å². The molecule has 0 radical (unpaired) electrons. The lowest BCUT2D eigenvalue weighted by Gasteiger charge is -2.06. The number of nitrogens with zero attached hydrogens (tertiary/aromatic N) is 2. The second-order valence-corrected chi connectivity index (χ2v) is 5.11. The second-order valence-electron chi connectivity index (χ2n) is 5.11. The van der Waals surface area contributed by atoms with Crippen molar-refractivity contribution in [2.24, 2.45) is 0 Å². The van der Waals surface area contributed by atoms with Crippen molar-refractivity contribution in [3.63, 3.8) is 0 Å². The van der Waals surface area contributed by atoms with Gasteiger partial charge in [0, 0.05) is 6.07 Å². The predicted octanol–water partition coefficient (Wildman–Crippen LogP) is 4.42. The molecule has 0 aromatic heterocycles. The van der Waals surface area contributed by atoms with E-state index in [9.17, 15) is 4.79 Å². The molecule has 0 aliphatic heterocycles. The zero-order chi connectivity index (χ0) is 16.7. The first-order chi connectivity index (χ1) is 11.1. The Morgan fingerprint density at radius 2 is 1.83 bits per heavy atom. The Labute approximate surface area is 135 Å². The van der Waals surface area contributed by atoms with E-state index in [0.717, 1.165) is 11.1 Å². The van der Waals surface area contributed by atoms with Crippen LogP contribution < -0.4 is 9.47 Å². The average molecular weight is 311 g/mol. The molecule has 0 aliphatic rings. The van der Waals surface area contributed by atoms with Crippen LogP contribution in [0, 0.1) is 12.3 Å². The molecule has 0 spiro atoms. The topological polar surface area (TPSA) is 63.7 Å². The lowest BCUT2D eigenvalue weighted by Crippen LogP contribution is -2.09. The molecule has 0 fully saturated rings. The van der Waals surface area contributed by atoms with Crippen LogP contribution in [0.5, 0.6) is 11.5 Å². The van der Waals surface area contributed by atoms with E-state index < -0.39 is 0 Å². The molecule has 118 valence electrons. The number of carbonyl (C=O) groups is 1. The molecule has 0 unspecified atom stereocenters. The molecule has 0 atom stereocenters. The largest absolute Gasteiger partial charge is 0.494 e. The molecule has 23 heavy (non-hydrogen) atoms. The number of esters is 1. The Bertz CT molecular complexity index is 718.